The van der Waals surface area contributed by atoms with Crippen LogP contribution < -0.4 is 5.32 Å². The number of rotatable bonds is 3. The number of nitrogens with one attached hydrogen (secondary N) is 1. The Morgan fingerprint density at radius 3 is 3.00 bits per heavy atom. The summed E-state index contributed by atoms with van der Waals surface area (Å²) in [6.07, 6.45) is 4.04. The zero-order valence-corrected chi connectivity index (χ0v) is 7.23. The molecule has 0 radical (unpaired) electrons. The summed E-state index contributed by atoms with van der Waals surface area (Å²) in [6.45, 7) is 4.07. The van der Waals surface area contributed by atoms with Gasteiger partial charge in [0.25, 0.3) is 0 Å². The first kappa shape index (κ1) is 8.72. The van der Waals surface area contributed by atoms with Gasteiger partial charge in [-0.25, -0.2) is 0 Å². The smallest absolute Gasteiger partial charge is 0.137 e. The molecule has 0 unspecified atom stereocenters. The van der Waals surface area contributed by atoms with Gasteiger partial charge in [0.05, 0.1) is 0 Å². The van der Waals surface area contributed by atoms with Crippen molar-refractivity contribution in [3.05, 3.63) is 0 Å². The first-order valence-electron chi connectivity index (χ1n) is 4.58. The van der Waals surface area contributed by atoms with Gasteiger partial charge < -0.3 is 5.32 Å². The lowest BCUT2D eigenvalue weighted by molar-refractivity contribution is -0.123. The number of ketones is 1. The summed E-state index contributed by atoms with van der Waals surface area (Å²) in [4.78, 5) is 11.4. The highest BCUT2D eigenvalue weighted by molar-refractivity contribution is 5.81. The average molecular weight is 155 g/mol. The van der Waals surface area contributed by atoms with Gasteiger partial charge in [0, 0.05) is 18.9 Å². The molecule has 0 amide bonds. The van der Waals surface area contributed by atoms with Crippen molar-refractivity contribution in [2.45, 2.75) is 32.6 Å². The Labute approximate surface area is 68.4 Å². The van der Waals surface area contributed by atoms with E-state index in [9.17, 15) is 4.79 Å². The molecule has 0 saturated carbocycles. The fraction of sp³-hybridized carbons (Fsp3) is 0.889. The highest BCUT2D eigenvalue weighted by atomic mass is 16.1. The molecule has 1 aliphatic rings. The zero-order valence-electron chi connectivity index (χ0n) is 7.23. The van der Waals surface area contributed by atoms with Crippen LogP contribution in [-0.2, 0) is 4.79 Å². The van der Waals surface area contributed by atoms with E-state index in [1.165, 1.54) is 6.42 Å². The molecule has 1 atom stereocenters. The van der Waals surface area contributed by atoms with Crippen molar-refractivity contribution in [2.75, 3.05) is 13.1 Å². The van der Waals surface area contributed by atoms with E-state index in [1.807, 2.05) is 0 Å². The summed E-state index contributed by atoms with van der Waals surface area (Å²) in [7, 11) is 0. The Morgan fingerprint density at radius 1 is 1.64 bits per heavy atom. The van der Waals surface area contributed by atoms with Gasteiger partial charge in [-0.3, -0.25) is 4.79 Å². The second-order valence-electron chi connectivity index (χ2n) is 3.26. The maximum atomic E-state index is 11.4. The quantitative estimate of drug-likeness (QED) is 0.666. The Morgan fingerprint density at radius 2 is 2.45 bits per heavy atom. The van der Waals surface area contributed by atoms with Gasteiger partial charge in [0.15, 0.2) is 0 Å². The van der Waals surface area contributed by atoms with Crippen LogP contribution in [0.1, 0.15) is 32.6 Å². The van der Waals surface area contributed by atoms with Crippen LogP contribution >= 0.6 is 0 Å². The molecule has 1 saturated heterocycles. The molecule has 0 bridgehead atoms. The molecule has 64 valence electrons. The monoisotopic (exact) mass is 155 g/mol. The summed E-state index contributed by atoms with van der Waals surface area (Å²) < 4.78 is 0. The van der Waals surface area contributed by atoms with Gasteiger partial charge in [-0.1, -0.05) is 6.92 Å². The Balaban J connectivity index is 2.27. The summed E-state index contributed by atoms with van der Waals surface area (Å²) >= 11 is 0. The van der Waals surface area contributed by atoms with E-state index in [1.54, 1.807) is 0 Å². The van der Waals surface area contributed by atoms with Gasteiger partial charge in [0.1, 0.15) is 5.78 Å². The third kappa shape index (κ3) is 2.62. The molecule has 1 aliphatic heterocycles. The molecule has 0 spiro atoms. The van der Waals surface area contributed by atoms with Crippen molar-refractivity contribution in [3.8, 4) is 0 Å². The maximum Gasteiger partial charge on any atom is 0.137 e. The van der Waals surface area contributed by atoms with E-state index in [-0.39, 0.29) is 0 Å². The number of carbonyl (C=O) groups excluding carboxylic acids is 1. The number of piperidine rings is 1. The van der Waals surface area contributed by atoms with Crippen molar-refractivity contribution >= 4 is 5.78 Å². The molecule has 0 aromatic rings. The summed E-state index contributed by atoms with van der Waals surface area (Å²) in [5, 5.41) is 3.25. The van der Waals surface area contributed by atoms with E-state index in [0.29, 0.717) is 11.7 Å². The molecule has 1 heterocycles. The van der Waals surface area contributed by atoms with E-state index in [0.717, 1.165) is 32.4 Å². The third-order valence-corrected chi connectivity index (χ3v) is 2.25. The Hall–Kier alpha value is -0.370. The minimum atomic E-state index is 0.323. The largest absolute Gasteiger partial charge is 0.316 e. The minimum absolute atomic E-state index is 0.323. The van der Waals surface area contributed by atoms with Crippen LogP contribution in [0.5, 0.6) is 0 Å². The molecule has 2 nitrogen and oxygen atoms in total. The number of Topliss-reactive ketones (excluding diaryl/α,β-unsaturated/α-hetero) is 1. The normalized spacial score (nSPS) is 25.0. The molecule has 1 N–H and O–H groups in total. The van der Waals surface area contributed by atoms with Crippen LogP contribution in [-0.4, -0.2) is 18.9 Å². The highest BCUT2D eigenvalue weighted by Gasteiger charge is 2.19. The molecule has 0 aliphatic carbocycles. The van der Waals surface area contributed by atoms with E-state index in [4.69, 9.17) is 0 Å². The van der Waals surface area contributed by atoms with Gasteiger partial charge in [0.2, 0.25) is 0 Å². The van der Waals surface area contributed by atoms with Crippen LogP contribution in [0.2, 0.25) is 0 Å². The van der Waals surface area contributed by atoms with Crippen LogP contribution in [0.15, 0.2) is 0 Å². The van der Waals surface area contributed by atoms with E-state index < -0.39 is 0 Å². The molecule has 0 aromatic carbocycles. The van der Waals surface area contributed by atoms with Gasteiger partial charge >= 0.3 is 0 Å². The lowest BCUT2D eigenvalue weighted by atomic mass is 9.93. The maximum absolute atomic E-state index is 11.4. The summed E-state index contributed by atoms with van der Waals surface area (Å²) in [5.74, 6) is 0.781. The third-order valence-electron chi connectivity index (χ3n) is 2.25. The minimum Gasteiger partial charge on any atom is -0.316 e. The summed E-state index contributed by atoms with van der Waals surface area (Å²) in [6, 6.07) is 0. The lowest BCUT2D eigenvalue weighted by Crippen LogP contribution is -2.34. The van der Waals surface area contributed by atoms with Crippen LogP contribution in [0.4, 0.5) is 0 Å². The van der Waals surface area contributed by atoms with Crippen molar-refractivity contribution in [1.29, 1.82) is 0 Å². The number of hydrogen-bond donors (Lipinski definition) is 1. The first-order chi connectivity index (χ1) is 5.34. The standard InChI is InChI=1S/C9H17NO/c1-2-4-9(11)8-5-3-6-10-7-8/h8,10H,2-7H2,1H3/t8-/m1/s1. The first-order valence-corrected chi connectivity index (χ1v) is 4.58. The zero-order chi connectivity index (χ0) is 8.10. The molecule has 2 heteroatoms. The molecular formula is C9H17NO. The average Bonchev–Trinajstić information content (AvgIpc) is 2.07. The summed E-state index contributed by atoms with van der Waals surface area (Å²) in [5.41, 5.74) is 0. The van der Waals surface area contributed by atoms with Gasteiger partial charge in [-0.15, -0.1) is 0 Å². The predicted molar refractivity (Wildman–Crippen MR) is 45.5 cm³/mol. The second-order valence-corrected chi connectivity index (χ2v) is 3.26. The van der Waals surface area contributed by atoms with Crippen molar-refractivity contribution in [1.82, 2.24) is 5.32 Å². The fourth-order valence-corrected chi connectivity index (χ4v) is 1.58. The van der Waals surface area contributed by atoms with Crippen LogP contribution in [0.25, 0.3) is 0 Å². The van der Waals surface area contributed by atoms with Crippen molar-refractivity contribution in [2.24, 2.45) is 5.92 Å². The van der Waals surface area contributed by atoms with Crippen LogP contribution in [0.3, 0.4) is 0 Å². The fourth-order valence-electron chi connectivity index (χ4n) is 1.58. The topological polar surface area (TPSA) is 29.1 Å². The van der Waals surface area contributed by atoms with Crippen LogP contribution in [0, 0.1) is 5.92 Å². The molecule has 11 heavy (non-hydrogen) atoms. The molecule has 0 aromatic heterocycles. The van der Waals surface area contributed by atoms with E-state index >= 15 is 0 Å². The lowest BCUT2D eigenvalue weighted by Gasteiger charge is -2.21. The SMILES string of the molecule is CCCC(=O)[C@@H]1CCCNC1. The van der Waals surface area contributed by atoms with E-state index in [2.05, 4.69) is 12.2 Å². The molecule has 1 fully saturated rings. The van der Waals surface area contributed by atoms with Gasteiger partial charge in [-0.05, 0) is 25.8 Å². The van der Waals surface area contributed by atoms with Gasteiger partial charge in [-0.2, -0.15) is 0 Å². The highest BCUT2D eigenvalue weighted by Crippen LogP contribution is 2.13. The predicted octanol–water partition coefficient (Wildman–Crippen LogP) is 1.36. The van der Waals surface area contributed by atoms with Crippen molar-refractivity contribution in [3.63, 3.8) is 0 Å². The number of carbonyl (C=O) groups is 1. The number of hydrogen-bond acceptors (Lipinski definition) is 2. The Bertz CT molecular complexity index is 128. The molecule has 1 rings (SSSR count). The Kier molecular flexibility index (Phi) is 3.57. The second kappa shape index (κ2) is 4.50. The molecular weight excluding hydrogens is 138 g/mol. The van der Waals surface area contributed by atoms with Crippen molar-refractivity contribution < 1.29 is 4.79 Å².